The molecule has 0 spiro atoms. The molecule has 0 saturated carbocycles. The molecule has 0 atom stereocenters. The lowest BCUT2D eigenvalue weighted by Gasteiger charge is -2.06. The van der Waals surface area contributed by atoms with Gasteiger partial charge >= 0.3 is 0 Å². The lowest BCUT2D eigenvalue weighted by molar-refractivity contribution is 0.309. The number of aryl methyl sites for hydroxylation is 1. The van der Waals surface area contributed by atoms with Crippen molar-refractivity contribution in [3.8, 4) is 5.75 Å². The minimum Gasteiger partial charge on any atom is -0.488 e. The van der Waals surface area contributed by atoms with Gasteiger partial charge in [0.05, 0.1) is 0 Å². The fourth-order valence-electron chi connectivity index (χ4n) is 1.32. The zero-order valence-corrected chi connectivity index (χ0v) is 11.3. The van der Waals surface area contributed by atoms with Crippen molar-refractivity contribution in [3.63, 3.8) is 0 Å². The normalized spacial score (nSPS) is 10.4. The topological polar surface area (TPSA) is 35.2 Å². The molecule has 84 valence electrons. The van der Waals surface area contributed by atoms with Crippen molar-refractivity contribution in [2.24, 2.45) is 0 Å². The van der Waals surface area contributed by atoms with E-state index in [2.05, 4.69) is 22.0 Å². The van der Waals surface area contributed by atoms with Crippen LogP contribution in [-0.4, -0.2) is 0 Å². The Hall–Kier alpha value is -1.00. The summed E-state index contributed by atoms with van der Waals surface area (Å²) in [6.07, 6.45) is 0. The van der Waals surface area contributed by atoms with Gasteiger partial charge in [-0.2, -0.15) is 0 Å². The minimum absolute atomic E-state index is 0.597. The molecule has 2 rings (SSSR count). The standard InChI is InChI=1S/C12H12BrNOS/c1-8-4-10(2-3-12(8)14)15-6-11-5-9(13)7-16-11/h2-5,7H,6,14H2,1H3. The van der Waals surface area contributed by atoms with Gasteiger partial charge in [0.2, 0.25) is 0 Å². The Morgan fingerprint density at radius 3 is 2.81 bits per heavy atom. The smallest absolute Gasteiger partial charge is 0.122 e. The molecular weight excluding hydrogens is 286 g/mol. The molecule has 4 heteroatoms. The molecule has 2 nitrogen and oxygen atoms in total. The van der Waals surface area contributed by atoms with Crippen LogP contribution in [0.25, 0.3) is 0 Å². The molecule has 0 saturated heterocycles. The van der Waals surface area contributed by atoms with Gasteiger partial charge in [-0.15, -0.1) is 11.3 Å². The number of thiophene rings is 1. The average Bonchev–Trinajstić information content (AvgIpc) is 2.66. The van der Waals surface area contributed by atoms with E-state index in [-0.39, 0.29) is 0 Å². The molecule has 1 aromatic carbocycles. The van der Waals surface area contributed by atoms with Crippen molar-refractivity contribution >= 4 is 33.0 Å². The van der Waals surface area contributed by atoms with Crippen LogP contribution < -0.4 is 10.5 Å². The van der Waals surface area contributed by atoms with Crippen molar-refractivity contribution in [3.05, 3.63) is 44.6 Å². The number of rotatable bonds is 3. The first-order valence-corrected chi connectivity index (χ1v) is 6.54. The maximum Gasteiger partial charge on any atom is 0.122 e. The summed E-state index contributed by atoms with van der Waals surface area (Å²) in [5.74, 6) is 0.858. The van der Waals surface area contributed by atoms with E-state index >= 15 is 0 Å². The second-order valence-electron chi connectivity index (χ2n) is 3.54. The van der Waals surface area contributed by atoms with Gasteiger partial charge in [0, 0.05) is 20.4 Å². The first-order chi connectivity index (χ1) is 7.65. The fraction of sp³-hybridized carbons (Fsp3) is 0.167. The number of halogens is 1. The van der Waals surface area contributed by atoms with Crippen molar-refractivity contribution in [2.75, 3.05) is 5.73 Å². The Balaban J connectivity index is 2.02. The van der Waals surface area contributed by atoms with E-state index in [4.69, 9.17) is 10.5 Å². The van der Waals surface area contributed by atoms with Crippen molar-refractivity contribution in [1.29, 1.82) is 0 Å². The van der Waals surface area contributed by atoms with Gasteiger partial charge in [-0.25, -0.2) is 0 Å². The number of hydrogen-bond donors (Lipinski definition) is 1. The molecule has 0 radical (unpaired) electrons. The zero-order chi connectivity index (χ0) is 11.5. The summed E-state index contributed by atoms with van der Waals surface area (Å²) >= 11 is 5.10. The highest BCUT2D eigenvalue weighted by Gasteiger charge is 2.00. The molecule has 0 aliphatic carbocycles. The summed E-state index contributed by atoms with van der Waals surface area (Å²) in [7, 11) is 0. The lowest BCUT2D eigenvalue weighted by atomic mass is 10.2. The summed E-state index contributed by atoms with van der Waals surface area (Å²) in [5.41, 5.74) is 7.58. The molecule has 0 amide bonds. The number of nitrogen functional groups attached to an aromatic ring is 1. The van der Waals surface area contributed by atoms with E-state index in [1.807, 2.05) is 30.5 Å². The maximum atomic E-state index is 5.74. The average molecular weight is 298 g/mol. The van der Waals surface area contributed by atoms with Crippen LogP contribution in [0.3, 0.4) is 0 Å². The van der Waals surface area contributed by atoms with Gasteiger partial charge in [-0.3, -0.25) is 0 Å². The first kappa shape index (κ1) is 11.5. The third-order valence-corrected chi connectivity index (χ3v) is 3.92. The molecule has 0 unspecified atom stereocenters. The van der Waals surface area contributed by atoms with Gasteiger partial charge < -0.3 is 10.5 Å². The number of nitrogens with two attached hydrogens (primary N) is 1. The minimum atomic E-state index is 0.597. The highest BCUT2D eigenvalue weighted by atomic mass is 79.9. The molecule has 0 bridgehead atoms. The molecule has 0 aliphatic heterocycles. The van der Waals surface area contributed by atoms with Gasteiger partial charge in [-0.05, 0) is 52.7 Å². The molecule has 1 heterocycles. The van der Waals surface area contributed by atoms with E-state index in [1.54, 1.807) is 11.3 Å². The van der Waals surface area contributed by atoms with E-state index in [0.717, 1.165) is 21.5 Å². The Labute approximate surface area is 107 Å². The van der Waals surface area contributed by atoms with Crippen LogP contribution in [-0.2, 0) is 6.61 Å². The predicted octanol–water partition coefficient (Wildman–Crippen LogP) is 3.98. The van der Waals surface area contributed by atoms with Gasteiger partial charge in [0.25, 0.3) is 0 Å². The quantitative estimate of drug-likeness (QED) is 0.870. The predicted molar refractivity (Wildman–Crippen MR) is 71.9 cm³/mol. The van der Waals surface area contributed by atoms with Crippen LogP contribution in [0, 0.1) is 6.92 Å². The molecule has 2 N–H and O–H groups in total. The van der Waals surface area contributed by atoms with E-state index < -0.39 is 0 Å². The van der Waals surface area contributed by atoms with Crippen LogP contribution >= 0.6 is 27.3 Å². The second kappa shape index (κ2) is 4.89. The van der Waals surface area contributed by atoms with E-state index in [9.17, 15) is 0 Å². The van der Waals surface area contributed by atoms with Crippen LogP contribution in [0.2, 0.25) is 0 Å². The first-order valence-electron chi connectivity index (χ1n) is 4.87. The number of hydrogen-bond acceptors (Lipinski definition) is 3. The third kappa shape index (κ3) is 2.77. The van der Waals surface area contributed by atoms with Crippen LogP contribution in [0.15, 0.2) is 34.1 Å². The van der Waals surface area contributed by atoms with Crippen LogP contribution in [0.1, 0.15) is 10.4 Å². The Morgan fingerprint density at radius 2 is 2.19 bits per heavy atom. The molecule has 0 aliphatic rings. The number of benzene rings is 1. The van der Waals surface area contributed by atoms with Crippen LogP contribution in [0.4, 0.5) is 5.69 Å². The monoisotopic (exact) mass is 297 g/mol. The molecule has 1 aromatic heterocycles. The zero-order valence-electron chi connectivity index (χ0n) is 8.87. The summed E-state index contributed by atoms with van der Waals surface area (Å²) in [4.78, 5) is 1.20. The van der Waals surface area contributed by atoms with Gasteiger partial charge in [0.15, 0.2) is 0 Å². The molecular formula is C12H12BrNOS. The summed E-state index contributed by atoms with van der Waals surface area (Å²) in [5, 5.41) is 2.05. The fourth-order valence-corrected chi connectivity index (χ4v) is 2.68. The van der Waals surface area contributed by atoms with Gasteiger partial charge in [-0.1, -0.05) is 0 Å². The highest BCUT2D eigenvalue weighted by molar-refractivity contribution is 9.10. The Morgan fingerprint density at radius 1 is 1.38 bits per heavy atom. The van der Waals surface area contributed by atoms with Crippen LogP contribution in [0.5, 0.6) is 5.75 Å². The Kier molecular flexibility index (Phi) is 3.51. The van der Waals surface area contributed by atoms with Crippen molar-refractivity contribution < 1.29 is 4.74 Å². The number of ether oxygens (including phenoxy) is 1. The van der Waals surface area contributed by atoms with Gasteiger partial charge in [0.1, 0.15) is 12.4 Å². The SMILES string of the molecule is Cc1cc(OCc2cc(Br)cs2)ccc1N. The largest absolute Gasteiger partial charge is 0.488 e. The summed E-state index contributed by atoms with van der Waals surface area (Å²) < 4.78 is 6.78. The summed E-state index contributed by atoms with van der Waals surface area (Å²) in [6, 6.07) is 7.78. The number of anilines is 1. The van der Waals surface area contributed by atoms with E-state index in [1.165, 1.54) is 4.88 Å². The highest BCUT2D eigenvalue weighted by Crippen LogP contribution is 2.23. The lowest BCUT2D eigenvalue weighted by Crippen LogP contribution is -1.95. The second-order valence-corrected chi connectivity index (χ2v) is 5.45. The molecule has 2 aromatic rings. The third-order valence-electron chi connectivity index (χ3n) is 2.24. The van der Waals surface area contributed by atoms with Crippen molar-refractivity contribution in [2.45, 2.75) is 13.5 Å². The Bertz CT molecular complexity index is 496. The molecule has 16 heavy (non-hydrogen) atoms. The molecule has 0 fully saturated rings. The maximum absolute atomic E-state index is 5.74. The van der Waals surface area contributed by atoms with E-state index in [0.29, 0.717) is 6.61 Å². The summed E-state index contributed by atoms with van der Waals surface area (Å²) in [6.45, 7) is 2.57. The van der Waals surface area contributed by atoms with Crippen molar-refractivity contribution in [1.82, 2.24) is 0 Å².